The Hall–Kier alpha value is -2.68. The Bertz CT molecular complexity index is 842. The molecule has 0 saturated carbocycles. The van der Waals surface area contributed by atoms with Crippen LogP contribution in [0.1, 0.15) is 30.6 Å². The Morgan fingerprint density at radius 3 is 2.74 bits per heavy atom. The molecular formula is C20H20N2O. The number of carbonyl (C=O) groups is 1. The van der Waals surface area contributed by atoms with Crippen LogP contribution in [-0.2, 0) is 0 Å². The highest BCUT2D eigenvalue weighted by Gasteiger charge is 2.10. The number of hydrogen-bond acceptors (Lipinski definition) is 2. The predicted molar refractivity (Wildman–Crippen MR) is 94.4 cm³/mol. The van der Waals surface area contributed by atoms with Gasteiger partial charge in [0.15, 0.2) is 0 Å². The highest BCUT2D eigenvalue weighted by molar-refractivity contribution is 5.96. The molecule has 3 heteroatoms. The summed E-state index contributed by atoms with van der Waals surface area (Å²) in [5, 5.41) is 4.10. The van der Waals surface area contributed by atoms with Crippen LogP contribution in [0.15, 0.2) is 60.8 Å². The van der Waals surface area contributed by atoms with Crippen LogP contribution in [0.3, 0.4) is 0 Å². The van der Waals surface area contributed by atoms with E-state index in [0.29, 0.717) is 5.56 Å². The summed E-state index contributed by atoms with van der Waals surface area (Å²) >= 11 is 0. The summed E-state index contributed by atoms with van der Waals surface area (Å²) in [4.78, 5) is 16.8. The Balaban J connectivity index is 1.93. The van der Waals surface area contributed by atoms with E-state index in [2.05, 4.69) is 23.3 Å². The number of nitrogens with one attached hydrogen (secondary N) is 1. The van der Waals surface area contributed by atoms with Gasteiger partial charge in [-0.25, -0.2) is 0 Å². The smallest absolute Gasteiger partial charge is 0.251 e. The van der Waals surface area contributed by atoms with E-state index in [-0.39, 0.29) is 11.9 Å². The molecule has 0 aliphatic heterocycles. The second-order valence-electron chi connectivity index (χ2n) is 5.78. The third kappa shape index (κ3) is 3.39. The first-order valence-corrected chi connectivity index (χ1v) is 7.93. The normalized spacial score (nSPS) is 12.1. The molecule has 3 aromatic rings. The van der Waals surface area contributed by atoms with Crippen molar-refractivity contribution in [3.63, 3.8) is 0 Å². The Morgan fingerprint density at radius 2 is 1.91 bits per heavy atom. The van der Waals surface area contributed by atoms with Crippen LogP contribution in [0.2, 0.25) is 0 Å². The molecular weight excluding hydrogens is 284 g/mol. The van der Waals surface area contributed by atoms with Crippen LogP contribution in [0.4, 0.5) is 0 Å². The number of fused-ring (bicyclic) bond motifs is 1. The maximum Gasteiger partial charge on any atom is 0.251 e. The molecule has 0 unspecified atom stereocenters. The summed E-state index contributed by atoms with van der Waals surface area (Å²) < 4.78 is 0. The summed E-state index contributed by atoms with van der Waals surface area (Å²) in [6, 6.07) is 18.0. The van der Waals surface area contributed by atoms with Gasteiger partial charge in [0.1, 0.15) is 0 Å². The lowest BCUT2D eigenvalue weighted by atomic mass is 10.0. The van der Waals surface area contributed by atoms with E-state index in [1.165, 1.54) is 0 Å². The number of pyridine rings is 1. The lowest BCUT2D eigenvalue weighted by Gasteiger charge is -2.12. The number of rotatable bonds is 4. The summed E-state index contributed by atoms with van der Waals surface area (Å²) in [6.07, 6.45) is 2.77. The first-order valence-electron chi connectivity index (χ1n) is 7.93. The molecule has 2 aromatic carbocycles. The number of amides is 1. The largest absolute Gasteiger partial charge is 0.350 e. The predicted octanol–water partition coefficient (Wildman–Crippen LogP) is 4.43. The molecule has 0 saturated heterocycles. The molecule has 1 heterocycles. The van der Waals surface area contributed by atoms with E-state index < -0.39 is 0 Å². The van der Waals surface area contributed by atoms with Crippen molar-refractivity contribution in [3.05, 3.63) is 66.4 Å². The van der Waals surface area contributed by atoms with Gasteiger partial charge >= 0.3 is 0 Å². The maximum atomic E-state index is 12.3. The van der Waals surface area contributed by atoms with E-state index in [9.17, 15) is 4.79 Å². The van der Waals surface area contributed by atoms with E-state index in [4.69, 9.17) is 0 Å². The molecule has 1 atom stereocenters. The van der Waals surface area contributed by atoms with Gasteiger partial charge in [-0.15, -0.1) is 0 Å². The van der Waals surface area contributed by atoms with E-state index >= 15 is 0 Å². The first-order chi connectivity index (χ1) is 11.2. The number of nitrogens with zero attached hydrogens (tertiary/aromatic N) is 1. The lowest BCUT2D eigenvalue weighted by molar-refractivity contribution is 0.0939. The van der Waals surface area contributed by atoms with Gasteiger partial charge in [-0.3, -0.25) is 9.78 Å². The van der Waals surface area contributed by atoms with Gasteiger partial charge in [-0.05, 0) is 43.2 Å². The highest BCUT2D eigenvalue weighted by atomic mass is 16.1. The zero-order chi connectivity index (χ0) is 16.2. The Labute approximate surface area is 136 Å². The van der Waals surface area contributed by atoms with Crippen LogP contribution in [0.5, 0.6) is 0 Å². The highest BCUT2D eigenvalue weighted by Crippen LogP contribution is 2.23. The first kappa shape index (κ1) is 15.2. The fourth-order valence-electron chi connectivity index (χ4n) is 2.48. The minimum absolute atomic E-state index is 0.0325. The molecule has 1 N–H and O–H groups in total. The monoisotopic (exact) mass is 304 g/mol. The summed E-state index contributed by atoms with van der Waals surface area (Å²) in [5.41, 5.74) is 3.67. The maximum absolute atomic E-state index is 12.3. The third-order valence-corrected chi connectivity index (χ3v) is 4.04. The number of para-hydroxylation sites is 1. The zero-order valence-electron chi connectivity index (χ0n) is 13.4. The van der Waals surface area contributed by atoms with Crippen LogP contribution >= 0.6 is 0 Å². The average Bonchev–Trinajstić information content (AvgIpc) is 2.61. The van der Waals surface area contributed by atoms with Crippen LogP contribution in [0.25, 0.3) is 22.0 Å². The molecule has 0 radical (unpaired) electrons. The molecule has 0 bridgehead atoms. The van der Waals surface area contributed by atoms with Crippen molar-refractivity contribution in [2.24, 2.45) is 0 Å². The van der Waals surface area contributed by atoms with Gasteiger partial charge < -0.3 is 5.32 Å². The van der Waals surface area contributed by atoms with E-state index in [0.717, 1.165) is 28.5 Å². The topological polar surface area (TPSA) is 42.0 Å². The molecule has 0 aliphatic rings. The molecule has 0 aliphatic carbocycles. The Kier molecular flexibility index (Phi) is 4.38. The van der Waals surface area contributed by atoms with Crippen LogP contribution in [0, 0.1) is 0 Å². The molecule has 1 aromatic heterocycles. The van der Waals surface area contributed by atoms with Crippen LogP contribution < -0.4 is 5.32 Å². The van der Waals surface area contributed by atoms with Crippen molar-refractivity contribution in [2.45, 2.75) is 26.3 Å². The minimum Gasteiger partial charge on any atom is -0.350 e. The zero-order valence-corrected chi connectivity index (χ0v) is 13.4. The molecule has 0 fully saturated rings. The van der Waals surface area contributed by atoms with Gasteiger partial charge in [-0.2, -0.15) is 0 Å². The molecule has 0 spiro atoms. The quantitative estimate of drug-likeness (QED) is 0.774. The van der Waals surface area contributed by atoms with Gasteiger partial charge in [-0.1, -0.05) is 37.3 Å². The standard InChI is InChI=1S/C20H20N2O/c1-3-14(2)22-20(23)17-9-6-8-15(11-17)18-12-16-7-4-5-10-19(16)21-13-18/h4-14H,3H2,1-2H3,(H,22,23)/t14-/m1/s1. The van der Waals surface area contributed by atoms with Gasteiger partial charge in [0.05, 0.1) is 5.52 Å². The third-order valence-electron chi connectivity index (χ3n) is 4.04. The van der Waals surface area contributed by atoms with Crippen molar-refractivity contribution in [3.8, 4) is 11.1 Å². The number of hydrogen-bond donors (Lipinski definition) is 1. The molecule has 1 amide bonds. The van der Waals surface area contributed by atoms with Crippen LogP contribution in [-0.4, -0.2) is 16.9 Å². The summed E-state index contributed by atoms with van der Waals surface area (Å²) in [5.74, 6) is -0.0325. The molecule has 116 valence electrons. The second kappa shape index (κ2) is 6.61. The van der Waals surface area contributed by atoms with Gasteiger partial charge in [0.2, 0.25) is 0 Å². The van der Waals surface area contributed by atoms with E-state index in [1.807, 2.05) is 61.7 Å². The van der Waals surface area contributed by atoms with Crippen molar-refractivity contribution >= 4 is 16.8 Å². The number of benzene rings is 2. The molecule has 23 heavy (non-hydrogen) atoms. The average molecular weight is 304 g/mol. The van der Waals surface area contributed by atoms with Crippen molar-refractivity contribution in [1.82, 2.24) is 10.3 Å². The van der Waals surface area contributed by atoms with Crippen molar-refractivity contribution in [1.29, 1.82) is 0 Å². The summed E-state index contributed by atoms with van der Waals surface area (Å²) in [7, 11) is 0. The number of aromatic nitrogens is 1. The Morgan fingerprint density at radius 1 is 1.09 bits per heavy atom. The fourth-order valence-corrected chi connectivity index (χ4v) is 2.48. The minimum atomic E-state index is -0.0325. The van der Waals surface area contributed by atoms with Gasteiger partial charge in [0, 0.05) is 28.8 Å². The second-order valence-corrected chi connectivity index (χ2v) is 5.78. The lowest BCUT2D eigenvalue weighted by Crippen LogP contribution is -2.31. The van der Waals surface area contributed by atoms with Gasteiger partial charge in [0.25, 0.3) is 5.91 Å². The SMILES string of the molecule is CC[C@@H](C)NC(=O)c1cccc(-c2cnc3ccccc3c2)c1. The van der Waals surface area contributed by atoms with E-state index in [1.54, 1.807) is 0 Å². The number of carbonyl (C=O) groups excluding carboxylic acids is 1. The fraction of sp³-hybridized carbons (Fsp3) is 0.200. The van der Waals surface area contributed by atoms with Crippen molar-refractivity contribution < 1.29 is 4.79 Å². The van der Waals surface area contributed by atoms with Crippen molar-refractivity contribution in [2.75, 3.05) is 0 Å². The summed E-state index contributed by atoms with van der Waals surface area (Å²) in [6.45, 7) is 4.07. The molecule has 3 nitrogen and oxygen atoms in total. The molecule has 3 rings (SSSR count).